The van der Waals surface area contributed by atoms with Crippen LogP contribution in [-0.4, -0.2) is 19.9 Å². The maximum atomic E-state index is 11.5. The largest absolute Gasteiger partial charge is 0.382 e. The summed E-state index contributed by atoms with van der Waals surface area (Å²) in [6, 6.07) is 0. The second kappa shape index (κ2) is 7.89. The highest BCUT2D eigenvalue weighted by Crippen LogP contribution is 1.95. The highest BCUT2D eigenvalue weighted by molar-refractivity contribution is 4.38. The highest BCUT2D eigenvalue weighted by atomic mass is 19.1. The Kier molecular flexibility index (Phi) is 7.79. The zero-order valence-corrected chi connectivity index (χ0v) is 6.03. The molecule has 0 radical (unpaired) electrons. The third-order valence-corrected chi connectivity index (χ3v) is 1.13. The molecule has 0 aromatic rings. The van der Waals surface area contributed by atoms with E-state index in [2.05, 4.69) is 0 Å². The Balaban J connectivity index is 2.60. The average Bonchev–Trinajstić information content (AvgIpc) is 1.89. The number of hydrogen-bond acceptors (Lipinski definition) is 1. The van der Waals surface area contributed by atoms with E-state index in [-0.39, 0.29) is 6.67 Å². The van der Waals surface area contributed by atoms with Crippen molar-refractivity contribution in [2.24, 2.45) is 0 Å². The van der Waals surface area contributed by atoms with E-state index in [0.29, 0.717) is 6.42 Å². The Morgan fingerprint density at radius 3 is 2.56 bits per heavy atom. The average molecular weight is 134 g/mol. The zero-order valence-electron chi connectivity index (χ0n) is 6.03. The third kappa shape index (κ3) is 7.89. The van der Waals surface area contributed by atoms with Crippen LogP contribution in [0.25, 0.3) is 0 Å². The van der Waals surface area contributed by atoms with Gasteiger partial charge in [-0.05, 0) is 26.2 Å². The molecule has 0 aliphatic rings. The van der Waals surface area contributed by atoms with Gasteiger partial charge in [-0.2, -0.15) is 0 Å². The number of unbranched alkanes of at least 4 members (excludes halogenated alkanes) is 2. The molecule has 2 heteroatoms. The van der Waals surface area contributed by atoms with Crippen LogP contribution in [0.15, 0.2) is 0 Å². The van der Waals surface area contributed by atoms with Crippen LogP contribution >= 0.6 is 0 Å². The van der Waals surface area contributed by atoms with Crippen molar-refractivity contribution < 1.29 is 9.13 Å². The minimum atomic E-state index is -0.188. The minimum Gasteiger partial charge on any atom is -0.382 e. The van der Waals surface area contributed by atoms with Crippen LogP contribution in [0.3, 0.4) is 0 Å². The van der Waals surface area contributed by atoms with Crippen molar-refractivity contribution in [2.45, 2.75) is 26.2 Å². The van der Waals surface area contributed by atoms with E-state index in [4.69, 9.17) is 4.74 Å². The van der Waals surface area contributed by atoms with Gasteiger partial charge in [0.05, 0.1) is 6.67 Å². The molecule has 0 aliphatic heterocycles. The summed E-state index contributed by atoms with van der Waals surface area (Å²) in [6.07, 6.45) is 2.64. The monoisotopic (exact) mass is 134 g/mol. The van der Waals surface area contributed by atoms with Gasteiger partial charge in [-0.25, -0.2) is 0 Å². The lowest BCUT2D eigenvalue weighted by atomic mass is 10.3. The van der Waals surface area contributed by atoms with E-state index in [1.807, 2.05) is 6.92 Å². The van der Waals surface area contributed by atoms with Gasteiger partial charge in [0, 0.05) is 13.2 Å². The molecular weight excluding hydrogens is 119 g/mol. The molecule has 0 aromatic heterocycles. The Hall–Kier alpha value is -0.110. The molecule has 56 valence electrons. The molecule has 1 nitrogen and oxygen atoms in total. The first-order chi connectivity index (χ1) is 4.41. The van der Waals surface area contributed by atoms with Crippen LogP contribution < -0.4 is 0 Å². The quantitative estimate of drug-likeness (QED) is 0.506. The topological polar surface area (TPSA) is 9.23 Å². The van der Waals surface area contributed by atoms with E-state index in [0.717, 1.165) is 26.1 Å². The Bertz CT molecular complexity index is 42.2. The molecule has 0 saturated carbocycles. The maximum absolute atomic E-state index is 11.5. The molecule has 0 saturated heterocycles. The van der Waals surface area contributed by atoms with Gasteiger partial charge in [-0.3, -0.25) is 4.39 Å². The van der Waals surface area contributed by atoms with Crippen LogP contribution in [0.2, 0.25) is 0 Å². The van der Waals surface area contributed by atoms with Gasteiger partial charge < -0.3 is 4.74 Å². The molecule has 0 atom stereocenters. The fourth-order valence-corrected chi connectivity index (χ4v) is 0.620. The van der Waals surface area contributed by atoms with Crippen LogP contribution in [0.4, 0.5) is 4.39 Å². The highest BCUT2D eigenvalue weighted by Gasteiger charge is 1.86. The molecule has 0 rings (SSSR count). The molecule has 9 heavy (non-hydrogen) atoms. The minimum absolute atomic E-state index is 0.188. The van der Waals surface area contributed by atoms with Gasteiger partial charge in [0.15, 0.2) is 0 Å². The number of halogens is 1. The maximum Gasteiger partial charge on any atom is 0.0894 e. The molecule has 0 N–H and O–H groups in total. The first kappa shape index (κ1) is 8.89. The predicted molar refractivity (Wildman–Crippen MR) is 36.3 cm³/mol. The first-order valence-corrected chi connectivity index (χ1v) is 3.55. The van der Waals surface area contributed by atoms with Gasteiger partial charge in [0.1, 0.15) is 0 Å². The van der Waals surface area contributed by atoms with Crippen LogP contribution in [0, 0.1) is 0 Å². The summed E-state index contributed by atoms with van der Waals surface area (Å²) in [5, 5.41) is 0. The van der Waals surface area contributed by atoms with Crippen LogP contribution in [0.5, 0.6) is 0 Å². The van der Waals surface area contributed by atoms with E-state index in [1.54, 1.807) is 0 Å². The Morgan fingerprint density at radius 2 is 2.00 bits per heavy atom. The molecule has 0 heterocycles. The summed E-state index contributed by atoms with van der Waals surface area (Å²) in [5.74, 6) is 0. The second-order valence-electron chi connectivity index (χ2n) is 1.95. The van der Waals surface area contributed by atoms with Crippen LogP contribution in [-0.2, 0) is 4.74 Å². The summed E-state index contributed by atoms with van der Waals surface area (Å²) in [5.41, 5.74) is 0. The summed E-state index contributed by atoms with van der Waals surface area (Å²) in [4.78, 5) is 0. The fraction of sp³-hybridized carbons (Fsp3) is 1.00. The molecule has 0 fully saturated rings. The summed E-state index contributed by atoms with van der Waals surface area (Å²) in [7, 11) is 0. The SMILES string of the molecule is CCOCCCCCF. The molecule has 0 bridgehead atoms. The zero-order chi connectivity index (χ0) is 6.95. The van der Waals surface area contributed by atoms with Gasteiger partial charge in [-0.15, -0.1) is 0 Å². The summed E-state index contributed by atoms with van der Waals surface area (Å²) >= 11 is 0. The van der Waals surface area contributed by atoms with E-state index >= 15 is 0 Å². The molecule has 0 amide bonds. The van der Waals surface area contributed by atoms with Crippen molar-refractivity contribution in [2.75, 3.05) is 19.9 Å². The van der Waals surface area contributed by atoms with Crippen molar-refractivity contribution in [1.29, 1.82) is 0 Å². The van der Waals surface area contributed by atoms with Crippen molar-refractivity contribution in [3.8, 4) is 0 Å². The van der Waals surface area contributed by atoms with E-state index < -0.39 is 0 Å². The summed E-state index contributed by atoms with van der Waals surface area (Å²) in [6.45, 7) is 3.34. The van der Waals surface area contributed by atoms with Gasteiger partial charge in [0.25, 0.3) is 0 Å². The fourth-order valence-electron chi connectivity index (χ4n) is 0.620. The standard InChI is InChI=1S/C7H15FO/c1-2-9-7-5-3-4-6-8/h2-7H2,1H3. The summed E-state index contributed by atoms with van der Waals surface area (Å²) < 4.78 is 16.5. The number of rotatable bonds is 6. The molecule has 0 unspecified atom stereocenters. The van der Waals surface area contributed by atoms with Crippen molar-refractivity contribution in [3.63, 3.8) is 0 Å². The molecule has 0 aromatic carbocycles. The third-order valence-electron chi connectivity index (χ3n) is 1.13. The van der Waals surface area contributed by atoms with Gasteiger partial charge in [0.2, 0.25) is 0 Å². The lowest BCUT2D eigenvalue weighted by molar-refractivity contribution is 0.142. The second-order valence-corrected chi connectivity index (χ2v) is 1.95. The Morgan fingerprint density at radius 1 is 1.22 bits per heavy atom. The molecule has 0 aliphatic carbocycles. The van der Waals surface area contributed by atoms with Crippen molar-refractivity contribution in [1.82, 2.24) is 0 Å². The van der Waals surface area contributed by atoms with Gasteiger partial charge in [-0.1, -0.05) is 0 Å². The number of ether oxygens (including phenoxy) is 1. The van der Waals surface area contributed by atoms with Crippen LogP contribution in [0.1, 0.15) is 26.2 Å². The number of alkyl halides is 1. The predicted octanol–water partition coefficient (Wildman–Crippen LogP) is 2.16. The van der Waals surface area contributed by atoms with Crippen molar-refractivity contribution >= 4 is 0 Å². The lowest BCUT2D eigenvalue weighted by Gasteiger charge is -1.97. The smallest absolute Gasteiger partial charge is 0.0894 e. The molecular formula is C7H15FO. The lowest BCUT2D eigenvalue weighted by Crippen LogP contribution is -1.92. The van der Waals surface area contributed by atoms with E-state index in [1.165, 1.54) is 0 Å². The van der Waals surface area contributed by atoms with Gasteiger partial charge >= 0.3 is 0 Å². The van der Waals surface area contributed by atoms with E-state index in [9.17, 15) is 4.39 Å². The Labute approximate surface area is 56.2 Å². The first-order valence-electron chi connectivity index (χ1n) is 3.55. The number of hydrogen-bond donors (Lipinski definition) is 0. The van der Waals surface area contributed by atoms with Crippen molar-refractivity contribution in [3.05, 3.63) is 0 Å². The normalized spacial score (nSPS) is 10.0. The molecule has 0 spiro atoms.